The molecule has 1 aromatic carbocycles. The minimum absolute atomic E-state index is 0.639. The number of benzene rings is 1. The van der Waals surface area contributed by atoms with Crippen molar-refractivity contribution in [2.24, 2.45) is 0 Å². The van der Waals surface area contributed by atoms with Crippen molar-refractivity contribution < 1.29 is 4.79 Å². The number of nitrogens with one attached hydrogen (secondary N) is 1. The lowest BCUT2D eigenvalue weighted by Gasteiger charge is -2.15. The second kappa shape index (κ2) is 6.33. The van der Waals surface area contributed by atoms with Gasteiger partial charge in [0.15, 0.2) is 0 Å². The van der Waals surface area contributed by atoms with E-state index in [-0.39, 0.29) is 0 Å². The molecule has 14 heavy (non-hydrogen) atoms. The second-order valence-corrected chi connectivity index (χ2v) is 3.27. The molecule has 0 amide bonds. The van der Waals surface area contributed by atoms with Crippen molar-refractivity contribution in [3.05, 3.63) is 35.4 Å². The Balaban J connectivity index is 0.000000213. The smallest absolute Gasteiger partial charge is 0.119 e. The van der Waals surface area contributed by atoms with E-state index in [4.69, 9.17) is 0 Å². The molecule has 0 radical (unpaired) electrons. The van der Waals surface area contributed by atoms with Gasteiger partial charge in [-0.25, -0.2) is 0 Å². The van der Waals surface area contributed by atoms with Gasteiger partial charge in [-0.3, -0.25) is 0 Å². The highest BCUT2D eigenvalue weighted by molar-refractivity contribution is 5.48. The van der Waals surface area contributed by atoms with Crippen LogP contribution in [0.1, 0.15) is 24.5 Å². The molecular weight excluding hydrogens is 174 g/mol. The number of carbonyl (C=O) groups excluding carboxylic acids is 1. The number of carbonyl (C=O) groups is 1. The van der Waals surface area contributed by atoms with E-state index < -0.39 is 0 Å². The maximum atomic E-state index is 9.17. The third kappa shape index (κ3) is 3.30. The molecule has 2 rings (SSSR count). The number of rotatable bonds is 1. The molecule has 0 atom stereocenters. The largest absolute Gasteiger partial charge is 0.312 e. The van der Waals surface area contributed by atoms with Crippen molar-refractivity contribution in [2.45, 2.75) is 26.3 Å². The average molecular weight is 191 g/mol. The number of hydrogen-bond donors (Lipinski definition) is 1. The van der Waals surface area contributed by atoms with Crippen LogP contribution in [0.25, 0.3) is 0 Å². The Kier molecular flexibility index (Phi) is 4.94. The molecule has 0 aromatic heterocycles. The second-order valence-electron chi connectivity index (χ2n) is 3.27. The van der Waals surface area contributed by atoms with Gasteiger partial charge in [-0.2, -0.15) is 0 Å². The first-order valence-corrected chi connectivity index (χ1v) is 5.09. The summed E-state index contributed by atoms with van der Waals surface area (Å²) in [5, 5.41) is 3.34. The Morgan fingerprint density at radius 2 is 2.00 bits per heavy atom. The fourth-order valence-electron chi connectivity index (χ4n) is 1.42. The normalized spacial score (nSPS) is 13.5. The zero-order chi connectivity index (χ0) is 10.2. The van der Waals surface area contributed by atoms with Crippen LogP contribution in [0, 0.1) is 0 Å². The molecule has 0 saturated carbocycles. The molecule has 0 bridgehead atoms. The molecule has 1 heterocycles. The standard InChI is InChI=1S/C9H11N.C3H6O/c1-2-4-9-7-10-6-5-8(9)3-1;1-2-3-4/h1-4,10H,5-7H2;3H,2H2,1H3. The van der Waals surface area contributed by atoms with Gasteiger partial charge < -0.3 is 10.1 Å². The van der Waals surface area contributed by atoms with Crippen LogP contribution in [0.3, 0.4) is 0 Å². The monoisotopic (exact) mass is 191 g/mol. The number of hydrogen-bond acceptors (Lipinski definition) is 2. The summed E-state index contributed by atoms with van der Waals surface area (Å²) in [6, 6.07) is 8.63. The van der Waals surface area contributed by atoms with Crippen molar-refractivity contribution in [3.8, 4) is 0 Å². The minimum Gasteiger partial charge on any atom is -0.312 e. The van der Waals surface area contributed by atoms with Gasteiger partial charge in [0.25, 0.3) is 0 Å². The predicted molar refractivity (Wildman–Crippen MR) is 58.2 cm³/mol. The predicted octanol–water partition coefficient (Wildman–Crippen LogP) is 1.93. The van der Waals surface area contributed by atoms with Crippen LogP contribution >= 0.6 is 0 Å². The molecule has 1 aliphatic heterocycles. The Morgan fingerprint density at radius 3 is 2.57 bits per heavy atom. The maximum Gasteiger partial charge on any atom is 0.119 e. The summed E-state index contributed by atoms with van der Waals surface area (Å²) in [5.74, 6) is 0. The van der Waals surface area contributed by atoms with Gasteiger partial charge in [0.05, 0.1) is 0 Å². The van der Waals surface area contributed by atoms with Crippen LogP contribution in [0.15, 0.2) is 24.3 Å². The maximum absolute atomic E-state index is 9.17. The summed E-state index contributed by atoms with van der Waals surface area (Å²) in [6.07, 6.45) is 2.70. The van der Waals surface area contributed by atoms with Crippen LogP contribution in [0.4, 0.5) is 0 Å². The van der Waals surface area contributed by atoms with Crippen molar-refractivity contribution in [3.63, 3.8) is 0 Å². The van der Waals surface area contributed by atoms with Gasteiger partial charge in [-0.05, 0) is 24.1 Å². The molecule has 0 aliphatic carbocycles. The summed E-state index contributed by atoms with van der Waals surface area (Å²) < 4.78 is 0. The third-order valence-electron chi connectivity index (χ3n) is 2.17. The average Bonchev–Trinajstić information content (AvgIpc) is 2.30. The lowest BCUT2D eigenvalue weighted by Crippen LogP contribution is -2.23. The summed E-state index contributed by atoms with van der Waals surface area (Å²) >= 11 is 0. The Bertz CT molecular complexity index is 258. The first-order chi connectivity index (χ1) is 6.88. The summed E-state index contributed by atoms with van der Waals surface area (Å²) in [7, 11) is 0. The molecule has 2 heteroatoms. The van der Waals surface area contributed by atoms with Gasteiger partial charge in [0.1, 0.15) is 6.29 Å². The first kappa shape index (κ1) is 10.9. The number of fused-ring (bicyclic) bond motifs is 1. The zero-order valence-electron chi connectivity index (χ0n) is 8.62. The Hall–Kier alpha value is -1.15. The highest BCUT2D eigenvalue weighted by Crippen LogP contribution is 2.11. The van der Waals surface area contributed by atoms with E-state index in [2.05, 4.69) is 29.6 Å². The van der Waals surface area contributed by atoms with Gasteiger partial charge >= 0.3 is 0 Å². The van der Waals surface area contributed by atoms with E-state index in [1.165, 1.54) is 17.5 Å². The zero-order valence-corrected chi connectivity index (χ0v) is 8.62. The van der Waals surface area contributed by atoms with E-state index in [1.54, 1.807) is 0 Å². The molecule has 76 valence electrons. The van der Waals surface area contributed by atoms with Crippen molar-refractivity contribution in [2.75, 3.05) is 6.54 Å². The lowest BCUT2D eigenvalue weighted by atomic mass is 10.0. The van der Waals surface area contributed by atoms with Gasteiger partial charge in [0.2, 0.25) is 0 Å². The fourth-order valence-corrected chi connectivity index (χ4v) is 1.42. The summed E-state index contributed by atoms with van der Waals surface area (Å²) in [5.41, 5.74) is 2.98. The molecule has 0 spiro atoms. The van der Waals surface area contributed by atoms with Crippen LogP contribution in [-0.4, -0.2) is 12.8 Å². The van der Waals surface area contributed by atoms with Crippen molar-refractivity contribution in [1.29, 1.82) is 0 Å². The van der Waals surface area contributed by atoms with E-state index in [0.29, 0.717) is 6.42 Å². The van der Waals surface area contributed by atoms with E-state index in [9.17, 15) is 4.79 Å². The molecule has 0 unspecified atom stereocenters. The molecule has 1 N–H and O–H groups in total. The fraction of sp³-hybridized carbons (Fsp3) is 0.417. The Labute approximate surface area is 85.3 Å². The van der Waals surface area contributed by atoms with E-state index in [0.717, 1.165) is 19.4 Å². The van der Waals surface area contributed by atoms with E-state index in [1.807, 2.05) is 6.92 Å². The highest BCUT2D eigenvalue weighted by atomic mass is 16.1. The minimum atomic E-state index is 0.639. The topological polar surface area (TPSA) is 29.1 Å². The SMILES string of the molecule is CCC=O.c1ccc2c(c1)CCNC2. The summed E-state index contributed by atoms with van der Waals surface area (Å²) in [6.45, 7) is 4.00. The van der Waals surface area contributed by atoms with Gasteiger partial charge in [-0.15, -0.1) is 0 Å². The molecular formula is C12H17NO. The molecule has 1 aliphatic rings. The van der Waals surface area contributed by atoms with Crippen molar-refractivity contribution >= 4 is 6.29 Å². The molecule has 0 saturated heterocycles. The third-order valence-corrected chi connectivity index (χ3v) is 2.17. The molecule has 2 nitrogen and oxygen atoms in total. The highest BCUT2D eigenvalue weighted by Gasteiger charge is 2.05. The molecule has 1 aromatic rings. The van der Waals surface area contributed by atoms with Crippen molar-refractivity contribution in [1.82, 2.24) is 5.32 Å². The van der Waals surface area contributed by atoms with Crippen LogP contribution in [0.5, 0.6) is 0 Å². The van der Waals surface area contributed by atoms with E-state index >= 15 is 0 Å². The quantitative estimate of drug-likeness (QED) is 0.687. The van der Waals surface area contributed by atoms with Crippen LogP contribution in [0.2, 0.25) is 0 Å². The molecule has 0 fully saturated rings. The first-order valence-electron chi connectivity index (χ1n) is 5.09. The van der Waals surface area contributed by atoms with Crippen LogP contribution < -0.4 is 5.32 Å². The Morgan fingerprint density at radius 1 is 1.36 bits per heavy atom. The number of aldehydes is 1. The van der Waals surface area contributed by atoms with Gasteiger partial charge in [0, 0.05) is 13.0 Å². The lowest BCUT2D eigenvalue weighted by molar-refractivity contribution is -0.107. The van der Waals surface area contributed by atoms with Gasteiger partial charge in [-0.1, -0.05) is 31.2 Å². The van der Waals surface area contributed by atoms with Crippen LogP contribution in [-0.2, 0) is 17.8 Å². The summed E-state index contributed by atoms with van der Waals surface area (Å²) in [4.78, 5) is 9.17.